The molecule has 1 atom stereocenters. The number of benzene rings is 2. The molecule has 45 heavy (non-hydrogen) atoms. The Kier molecular flexibility index (Phi) is 9.30. The molecule has 4 aromatic rings. The van der Waals surface area contributed by atoms with Gasteiger partial charge in [-0.3, -0.25) is 24.4 Å². The third kappa shape index (κ3) is 7.12. The van der Waals surface area contributed by atoms with E-state index in [9.17, 15) is 14.4 Å². The quantitative estimate of drug-likeness (QED) is 0.233. The average Bonchev–Trinajstić information content (AvgIpc) is 3.73. The molecular weight excluding hydrogens is 570 g/mol. The Balaban J connectivity index is 0.967. The van der Waals surface area contributed by atoms with Gasteiger partial charge in [0.2, 0.25) is 11.8 Å². The van der Waals surface area contributed by atoms with Crippen molar-refractivity contribution in [2.45, 2.75) is 26.2 Å². The lowest BCUT2D eigenvalue weighted by Gasteiger charge is -2.36. The van der Waals surface area contributed by atoms with Crippen LogP contribution >= 0.6 is 0 Å². The van der Waals surface area contributed by atoms with Crippen LogP contribution < -0.4 is 15.5 Å². The number of nitrogens with zero attached hydrogens (tertiary/aromatic N) is 6. The first-order chi connectivity index (χ1) is 22.0. The van der Waals surface area contributed by atoms with Gasteiger partial charge in [-0.1, -0.05) is 13.3 Å². The van der Waals surface area contributed by atoms with Gasteiger partial charge in [-0.2, -0.15) is 5.10 Å². The number of carbonyl (C=O) groups is 3. The zero-order valence-corrected chi connectivity index (χ0v) is 25.5. The van der Waals surface area contributed by atoms with Crippen molar-refractivity contribution in [3.8, 4) is 11.4 Å². The summed E-state index contributed by atoms with van der Waals surface area (Å²) in [5, 5.41) is 13.6. The van der Waals surface area contributed by atoms with Crippen LogP contribution in [0.5, 0.6) is 0 Å². The summed E-state index contributed by atoms with van der Waals surface area (Å²) in [4.78, 5) is 53.8. The van der Waals surface area contributed by atoms with Gasteiger partial charge < -0.3 is 20.4 Å². The number of piperazine rings is 1. The highest BCUT2D eigenvalue weighted by Gasteiger charge is 2.31. The van der Waals surface area contributed by atoms with E-state index in [-0.39, 0.29) is 23.6 Å². The molecular formula is C33H39N9O3. The van der Waals surface area contributed by atoms with Gasteiger partial charge in [-0.25, -0.2) is 9.97 Å². The molecule has 4 heterocycles. The summed E-state index contributed by atoms with van der Waals surface area (Å²) in [7, 11) is 0. The van der Waals surface area contributed by atoms with Gasteiger partial charge in [0, 0.05) is 74.0 Å². The fourth-order valence-electron chi connectivity index (χ4n) is 5.94. The summed E-state index contributed by atoms with van der Waals surface area (Å²) in [6, 6.07) is 15.4. The minimum absolute atomic E-state index is 0.0831. The topological polar surface area (TPSA) is 139 Å². The van der Waals surface area contributed by atoms with Gasteiger partial charge in [0.1, 0.15) is 0 Å². The lowest BCUT2D eigenvalue weighted by atomic mass is 10.1. The highest BCUT2D eigenvalue weighted by Crippen LogP contribution is 2.24. The summed E-state index contributed by atoms with van der Waals surface area (Å²) in [5.74, 6) is 0.275. The van der Waals surface area contributed by atoms with Crippen LogP contribution in [0.25, 0.3) is 22.3 Å². The SMILES string of the molecule is CCCCNC(=O)c1n[nH]c2ccc(NC(=O)[C@@H]3CCN(CC(=O)N4CCN(c5ccc(-c6ncccn6)cc5)CC4)C3)cc12. The molecule has 234 valence electrons. The van der Waals surface area contributed by atoms with E-state index in [0.717, 1.165) is 42.7 Å². The number of nitrogens with one attached hydrogen (secondary N) is 3. The second-order valence-corrected chi connectivity index (χ2v) is 11.6. The van der Waals surface area contributed by atoms with Crippen LogP contribution in [0.2, 0.25) is 0 Å². The third-order valence-electron chi connectivity index (χ3n) is 8.55. The molecule has 2 saturated heterocycles. The average molecular weight is 610 g/mol. The largest absolute Gasteiger partial charge is 0.368 e. The molecule has 0 bridgehead atoms. The summed E-state index contributed by atoms with van der Waals surface area (Å²) in [6.45, 7) is 7.06. The molecule has 12 nitrogen and oxygen atoms in total. The van der Waals surface area contributed by atoms with Crippen LogP contribution in [-0.4, -0.2) is 100 Å². The fraction of sp³-hybridized carbons (Fsp3) is 0.394. The zero-order valence-electron chi connectivity index (χ0n) is 25.5. The van der Waals surface area contributed by atoms with E-state index >= 15 is 0 Å². The van der Waals surface area contributed by atoms with E-state index in [4.69, 9.17) is 0 Å². The smallest absolute Gasteiger partial charge is 0.272 e. The molecule has 2 aliphatic heterocycles. The van der Waals surface area contributed by atoms with Crippen LogP contribution in [0.15, 0.2) is 60.9 Å². The molecule has 0 aliphatic carbocycles. The van der Waals surface area contributed by atoms with Crippen molar-refractivity contribution in [2.24, 2.45) is 5.92 Å². The number of rotatable bonds is 10. The normalized spacial score (nSPS) is 17.0. The Bertz CT molecular complexity index is 1630. The van der Waals surface area contributed by atoms with Crippen molar-refractivity contribution in [3.63, 3.8) is 0 Å². The number of aromatic amines is 1. The zero-order chi connectivity index (χ0) is 31.2. The Morgan fingerprint density at radius 1 is 0.978 bits per heavy atom. The third-order valence-corrected chi connectivity index (χ3v) is 8.55. The number of amides is 3. The Morgan fingerprint density at radius 2 is 1.76 bits per heavy atom. The number of likely N-dealkylation sites (tertiary alicyclic amines) is 1. The number of hydrogen-bond donors (Lipinski definition) is 3. The highest BCUT2D eigenvalue weighted by molar-refractivity contribution is 6.06. The van der Waals surface area contributed by atoms with Crippen molar-refractivity contribution in [1.82, 2.24) is 35.3 Å². The first kappa shape index (κ1) is 30.2. The first-order valence-electron chi connectivity index (χ1n) is 15.7. The second-order valence-electron chi connectivity index (χ2n) is 11.6. The number of anilines is 2. The van der Waals surface area contributed by atoms with Gasteiger partial charge in [0.25, 0.3) is 5.91 Å². The molecule has 2 aliphatic rings. The van der Waals surface area contributed by atoms with Gasteiger partial charge in [0.05, 0.1) is 18.0 Å². The van der Waals surface area contributed by atoms with Crippen molar-refractivity contribution in [1.29, 1.82) is 0 Å². The number of H-pyrrole nitrogens is 1. The maximum absolute atomic E-state index is 13.1. The van der Waals surface area contributed by atoms with E-state index < -0.39 is 0 Å². The van der Waals surface area contributed by atoms with Crippen molar-refractivity contribution >= 4 is 40.0 Å². The van der Waals surface area contributed by atoms with Crippen LogP contribution in [-0.2, 0) is 9.59 Å². The van der Waals surface area contributed by atoms with Gasteiger partial charge >= 0.3 is 0 Å². The number of fused-ring (bicyclic) bond motifs is 1. The number of carbonyl (C=O) groups excluding carboxylic acids is 3. The summed E-state index contributed by atoms with van der Waals surface area (Å²) >= 11 is 0. The van der Waals surface area contributed by atoms with Crippen LogP contribution in [0.3, 0.4) is 0 Å². The van der Waals surface area contributed by atoms with Crippen LogP contribution in [0.4, 0.5) is 11.4 Å². The lowest BCUT2D eigenvalue weighted by Crippen LogP contribution is -2.51. The number of unbranched alkanes of at least 4 members (excludes halogenated alkanes) is 1. The predicted molar refractivity (Wildman–Crippen MR) is 173 cm³/mol. The standard InChI is InChI=1S/C33H39N9O3/c1-2-3-12-36-33(45)30-27-20-25(7-10-28(27)38-39-30)37-32(44)24-11-15-40(21-24)22-29(43)42-18-16-41(17-19-42)26-8-5-23(6-9-26)31-34-13-4-14-35-31/h4-10,13-14,20,24H,2-3,11-12,15-19,21-22H2,1H3,(H,36,45)(H,37,44)(H,38,39)/t24-/m1/s1. The maximum Gasteiger partial charge on any atom is 0.272 e. The van der Waals surface area contributed by atoms with E-state index in [1.54, 1.807) is 30.6 Å². The molecule has 3 N–H and O–H groups in total. The summed E-state index contributed by atoms with van der Waals surface area (Å²) in [5.41, 5.74) is 3.76. The molecule has 0 unspecified atom stereocenters. The van der Waals surface area contributed by atoms with E-state index in [2.05, 4.69) is 59.7 Å². The molecule has 2 aromatic carbocycles. The van der Waals surface area contributed by atoms with Crippen LogP contribution in [0, 0.1) is 5.92 Å². The van der Waals surface area contributed by atoms with Crippen molar-refractivity contribution in [3.05, 3.63) is 66.6 Å². The maximum atomic E-state index is 13.1. The number of hydrogen-bond acceptors (Lipinski definition) is 8. The van der Waals surface area contributed by atoms with Gasteiger partial charge in [-0.15, -0.1) is 0 Å². The molecule has 0 radical (unpaired) electrons. The Morgan fingerprint density at radius 3 is 2.51 bits per heavy atom. The summed E-state index contributed by atoms with van der Waals surface area (Å²) < 4.78 is 0. The predicted octanol–water partition coefficient (Wildman–Crippen LogP) is 3.16. The molecule has 6 rings (SSSR count). The Labute approximate surface area is 262 Å². The minimum Gasteiger partial charge on any atom is -0.368 e. The van der Waals surface area contributed by atoms with Gasteiger partial charge in [-0.05, 0) is 67.9 Å². The summed E-state index contributed by atoms with van der Waals surface area (Å²) in [6.07, 6.45) is 6.05. The molecule has 12 heteroatoms. The fourth-order valence-corrected chi connectivity index (χ4v) is 5.94. The Hall–Kier alpha value is -4.84. The van der Waals surface area contributed by atoms with Crippen molar-refractivity contribution < 1.29 is 14.4 Å². The molecule has 2 fully saturated rings. The first-order valence-corrected chi connectivity index (χ1v) is 15.7. The minimum atomic E-state index is -0.233. The van der Waals surface area contributed by atoms with E-state index in [1.807, 2.05) is 23.1 Å². The van der Waals surface area contributed by atoms with Gasteiger partial charge in [0.15, 0.2) is 11.5 Å². The van der Waals surface area contributed by atoms with E-state index in [0.29, 0.717) is 68.3 Å². The van der Waals surface area contributed by atoms with Crippen LogP contribution in [0.1, 0.15) is 36.7 Å². The second kappa shape index (κ2) is 13.9. The lowest BCUT2D eigenvalue weighted by molar-refractivity contribution is -0.132. The molecule has 0 saturated carbocycles. The molecule has 0 spiro atoms. The monoisotopic (exact) mass is 609 g/mol. The highest BCUT2D eigenvalue weighted by atomic mass is 16.2. The number of aromatic nitrogens is 4. The molecule has 2 aromatic heterocycles. The van der Waals surface area contributed by atoms with E-state index in [1.165, 1.54) is 0 Å². The molecule has 3 amide bonds. The van der Waals surface area contributed by atoms with Crippen molar-refractivity contribution in [2.75, 3.05) is 62.6 Å².